The van der Waals surface area contributed by atoms with Crippen molar-refractivity contribution in [3.8, 4) is 5.75 Å². The van der Waals surface area contributed by atoms with Crippen LogP contribution in [0.2, 0.25) is 0 Å². The van der Waals surface area contributed by atoms with E-state index >= 15 is 0 Å². The first-order valence-corrected chi connectivity index (χ1v) is 9.40. The molecule has 1 aromatic carbocycles. The minimum Gasteiger partial charge on any atom is -0.491 e. The van der Waals surface area contributed by atoms with Gasteiger partial charge < -0.3 is 24.6 Å². The van der Waals surface area contributed by atoms with Crippen LogP contribution in [0.5, 0.6) is 5.75 Å². The maximum atomic E-state index is 12.1. The zero-order valence-corrected chi connectivity index (χ0v) is 16.3. The van der Waals surface area contributed by atoms with Crippen molar-refractivity contribution in [1.82, 2.24) is 5.16 Å². The van der Waals surface area contributed by atoms with E-state index in [4.69, 9.17) is 14.0 Å². The quantitative estimate of drug-likeness (QED) is 0.598. The summed E-state index contributed by atoms with van der Waals surface area (Å²) in [7, 11) is 1.60. The fraction of sp³-hybridized carbons (Fsp3) is 0.389. The standard InChI is InChI=1S/C18H23N3O5S/c1-12-9-16(21-26-12)20-18(23)13(2)27-11-17(22)19-14-5-4-6-15(10-14)25-8-7-24-3/h4-6,9-10,13H,7-8,11H2,1-3H3,(H,19,22)(H,20,21,23). The number of hydrogen-bond acceptors (Lipinski definition) is 7. The highest BCUT2D eigenvalue weighted by atomic mass is 32.2. The van der Waals surface area contributed by atoms with Gasteiger partial charge in [0.05, 0.1) is 17.6 Å². The van der Waals surface area contributed by atoms with Crippen LogP contribution in [-0.2, 0) is 14.3 Å². The number of ether oxygens (including phenoxy) is 2. The largest absolute Gasteiger partial charge is 0.491 e. The minimum absolute atomic E-state index is 0.140. The Balaban J connectivity index is 1.76. The maximum Gasteiger partial charge on any atom is 0.238 e. The summed E-state index contributed by atoms with van der Waals surface area (Å²) in [6, 6.07) is 8.73. The fourth-order valence-corrected chi connectivity index (χ4v) is 2.72. The van der Waals surface area contributed by atoms with E-state index in [9.17, 15) is 9.59 Å². The second-order valence-electron chi connectivity index (χ2n) is 5.68. The van der Waals surface area contributed by atoms with E-state index in [2.05, 4.69) is 15.8 Å². The number of methoxy groups -OCH3 is 1. The van der Waals surface area contributed by atoms with E-state index < -0.39 is 5.25 Å². The van der Waals surface area contributed by atoms with Gasteiger partial charge in [-0.2, -0.15) is 0 Å². The van der Waals surface area contributed by atoms with Gasteiger partial charge in [-0.15, -0.1) is 11.8 Å². The molecule has 2 rings (SSSR count). The van der Waals surface area contributed by atoms with Crippen molar-refractivity contribution >= 4 is 35.1 Å². The normalized spacial score (nSPS) is 11.7. The molecule has 9 heteroatoms. The molecule has 0 fully saturated rings. The highest BCUT2D eigenvalue weighted by Crippen LogP contribution is 2.19. The average molecular weight is 393 g/mol. The number of carbonyl (C=O) groups excluding carboxylic acids is 2. The van der Waals surface area contributed by atoms with Crippen LogP contribution >= 0.6 is 11.8 Å². The minimum atomic E-state index is -0.420. The molecule has 1 aromatic heterocycles. The van der Waals surface area contributed by atoms with Gasteiger partial charge in [0, 0.05) is 24.9 Å². The SMILES string of the molecule is COCCOc1cccc(NC(=O)CSC(C)C(=O)Nc2cc(C)on2)c1. The van der Waals surface area contributed by atoms with Crippen LogP contribution in [0.15, 0.2) is 34.9 Å². The molecule has 1 heterocycles. The van der Waals surface area contributed by atoms with E-state index in [0.29, 0.717) is 36.2 Å². The monoisotopic (exact) mass is 393 g/mol. The van der Waals surface area contributed by atoms with Gasteiger partial charge in [-0.25, -0.2) is 0 Å². The molecule has 0 aliphatic heterocycles. The first-order chi connectivity index (χ1) is 13.0. The van der Waals surface area contributed by atoms with Crippen molar-refractivity contribution in [2.45, 2.75) is 19.1 Å². The van der Waals surface area contributed by atoms with Gasteiger partial charge in [0.1, 0.15) is 18.1 Å². The summed E-state index contributed by atoms with van der Waals surface area (Å²) in [6.45, 7) is 4.38. The molecular formula is C18H23N3O5S. The van der Waals surface area contributed by atoms with E-state index in [-0.39, 0.29) is 17.6 Å². The van der Waals surface area contributed by atoms with Gasteiger partial charge in [0.2, 0.25) is 11.8 Å². The predicted octanol–water partition coefficient (Wildman–Crippen LogP) is 2.71. The van der Waals surface area contributed by atoms with Crippen LogP contribution in [0, 0.1) is 6.92 Å². The Kier molecular flexibility index (Phi) is 8.15. The first-order valence-electron chi connectivity index (χ1n) is 8.35. The van der Waals surface area contributed by atoms with Crippen molar-refractivity contribution in [2.24, 2.45) is 0 Å². The van der Waals surface area contributed by atoms with Crippen LogP contribution in [0.4, 0.5) is 11.5 Å². The van der Waals surface area contributed by atoms with Crippen LogP contribution < -0.4 is 15.4 Å². The summed E-state index contributed by atoms with van der Waals surface area (Å²) in [5.41, 5.74) is 0.630. The summed E-state index contributed by atoms with van der Waals surface area (Å²) in [5.74, 6) is 1.31. The number of hydrogen-bond donors (Lipinski definition) is 2. The second kappa shape index (κ2) is 10.6. The summed E-state index contributed by atoms with van der Waals surface area (Å²) in [5, 5.41) is 8.72. The maximum absolute atomic E-state index is 12.1. The van der Waals surface area contributed by atoms with Crippen LogP contribution in [0.3, 0.4) is 0 Å². The number of anilines is 2. The number of benzene rings is 1. The second-order valence-corrected chi connectivity index (χ2v) is 7.01. The molecule has 0 bridgehead atoms. The van der Waals surface area contributed by atoms with Gasteiger partial charge in [-0.1, -0.05) is 11.2 Å². The first kappa shape index (κ1) is 20.8. The number of amides is 2. The van der Waals surface area contributed by atoms with Gasteiger partial charge >= 0.3 is 0 Å². The summed E-state index contributed by atoms with van der Waals surface area (Å²) < 4.78 is 15.3. The molecule has 27 heavy (non-hydrogen) atoms. The molecule has 1 unspecified atom stereocenters. The molecule has 8 nitrogen and oxygen atoms in total. The average Bonchev–Trinajstić information content (AvgIpc) is 3.05. The molecule has 2 aromatic rings. The van der Waals surface area contributed by atoms with Crippen molar-refractivity contribution < 1.29 is 23.6 Å². The number of aryl methyl sites for hydroxylation is 1. The Hall–Kier alpha value is -2.52. The Bertz CT molecular complexity index is 765. The molecule has 146 valence electrons. The highest BCUT2D eigenvalue weighted by Gasteiger charge is 2.17. The molecule has 2 amide bonds. The number of nitrogens with zero attached hydrogens (tertiary/aromatic N) is 1. The van der Waals surface area contributed by atoms with Crippen LogP contribution in [0.1, 0.15) is 12.7 Å². The lowest BCUT2D eigenvalue weighted by molar-refractivity contribution is -0.115. The Morgan fingerprint density at radius 3 is 2.78 bits per heavy atom. The van der Waals surface area contributed by atoms with Gasteiger partial charge in [-0.3, -0.25) is 9.59 Å². The zero-order chi connectivity index (χ0) is 19.6. The molecular weight excluding hydrogens is 370 g/mol. The molecule has 0 aliphatic rings. The number of thioether (sulfide) groups is 1. The zero-order valence-electron chi connectivity index (χ0n) is 15.5. The third-order valence-corrected chi connectivity index (χ3v) is 4.53. The Morgan fingerprint density at radius 2 is 2.07 bits per heavy atom. The van der Waals surface area contributed by atoms with Crippen molar-refractivity contribution in [2.75, 3.05) is 36.7 Å². The molecule has 0 aliphatic carbocycles. The van der Waals surface area contributed by atoms with Crippen molar-refractivity contribution in [3.05, 3.63) is 36.1 Å². The van der Waals surface area contributed by atoms with E-state index in [1.165, 1.54) is 11.8 Å². The molecule has 0 radical (unpaired) electrons. The van der Waals surface area contributed by atoms with Gasteiger partial charge in [0.25, 0.3) is 0 Å². The number of rotatable bonds is 10. The molecule has 0 saturated carbocycles. The predicted molar refractivity (Wildman–Crippen MR) is 104 cm³/mol. The molecule has 0 spiro atoms. The lowest BCUT2D eigenvalue weighted by Gasteiger charge is -2.11. The van der Waals surface area contributed by atoms with Crippen molar-refractivity contribution in [3.63, 3.8) is 0 Å². The Labute approximate surface area is 162 Å². The summed E-state index contributed by atoms with van der Waals surface area (Å²) in [6.07, 6.45) is 0. The van der Waals surface area contributed by atoms with Crippen LogP contribution in [-0.4, -0.2) is 48.3 Å². The lowest BCUT2D eigenvalue weighted by atomic mass is 10.3. The third kappa shape index (κ3) is 7.32. The van der Waals surface area contributed by atoms with E-state index in [0.717, 1.165) is 0 Å². The molecule has 1 atom stereocenters. The van der Waals surface area contributed by atoms with E-state index in [1.54, 1.807) is 51.3 Å². The molecule has 0 saturated heterocycles. The number of aromatic nitrogens is 1. The lowest BCUT2D eigenvalue weighted by Crippen LogP contribution is -2.25. The third-order valence-electron chi connectivity index (χ3n) is 3.39. The summed E-state index contributed by atoms with van der Waals surface area (Å²) in [4.78, 5) is 24.2. The number of carbonyl (C=O) groups is 2. The smallest absolute Gasteiger partial charge is 0.238 e. The topological polar surface area (TPSA) is 103 Å². The Morgan fingerprint density at radius 1 is 1.26 bits per heavy atom. The fourth-order valence-electron chi connectivity index (χ4n) is 2.03. The number of nitrogens with one attached hydrogen (secondary N) is 2. The summed E-state index contributed by atoms with van der Waals surface area (Å²) >= 11 is 1.23. The van der Waals surface area contributed by atoms with E-state index in [1.807, 2.05) is 0 Å². The van der Waals surface area contributed by atoms with Gasteiger partial charge in [0.15, 0.2) is 5.82 Å². The molecule has 2 N–H and O–H groups in total. The van der Waals surface area contributed by atoms with Gasteiger partial charge in [-0.05, 0) is 26.0 Å². The highest BCUT2D eigenvalue weighted by molar-refractivity contribution is 8.01. The van der Waals surface area contributed by atoms with Crippen molar-refractivity contribution in [1.29, 1.82) is 0 Å². The van der Waals surface area contributed by atoms with Crippen LogP contribution in [0.25, 0.3) is 0 Å².